The number of sulfone groups is 1. The Morgan fingerprint density at radius 1 is 1.43 bits per heavy atom. The fourth-order valence-corrected chi connectivity index (χ4v) is 2.74. The highest BCUT2D eigenvalue weighted by Crippen LogP contribution is 2.24. The monoisotopic (exact) mass is 332 g/mol. The van der Waals surface area contributed by atoms with Crippen LogP contribution in [-0.2, 0) is 24.1 Å². The van der Waals surface area contributed by atoms with Gasteiger partial charge in [0.25, 0.3) is 0 Å². The molecule has 1 aliphatic rings. The van der Waals surface area contributed by atoms with Crippen LogP contribution in [0.15, 0.2) is 23.1 Å². The van der Waals surface area contributed by atoms with Crippen molar-refractivity contribution in [1.82, 2.24) is 0 Å². The van der Waals surface area contributed by atoms with Crippen LogP contribution in [0.3, 0.4) is 0 Å². The standard InChI is InChI=1S/C13H13ClO6S/c1-7-5-11(13(16)19-7)20-12(15)9-6-8(21(2,17)18)3-4-10(9)14/h3-4,6-7,11H,5H2,1-2H3/t7-,11-/m1/s1. The molecule has 21 heavy (non-hydrogen) atoms. The molecule has 2 atom stereocenters. The van der Waals surface area contributed by atoms with Gasteiger partial charge in [-0.2, -0.15) is 0 Å². The Bertz CT molecular complexity index is 697. The molecule has 114 valence electrons. The van der Waals surface area contributed by atoms with Crippen molar-refractivity contribution in [2.75, 3.05) is 6.26 Å². The summed E-state index contributed by atoms with van der Waals surface area (Å²) in [6.07, 6.45) is -0.0476. The Kier molecular flexibility index (Phi) is 4.25. The molecule has 6 nitrogen and oxygen atoms in total. The van der Waals surface area contributed by atoms with Crippen molar-refractivity contribution in [1.29, 1.82) is 0 Å². The van der Waals surface area contributed by atoms with Crippen molar-refractivity contribution in [3.8, 4) is 0 Å². The predicted octanol–water partition coefficient (Wildman–Crippen LogP) is 1.60. The maximum Gasteiger partial charge on any atom is 0.347 e. The first-order valence-corrected chi connectivity index (χ1v) is 8.36. The Hall–Kier alpha value is -1.60. The van der Waals surface area contributed by atoms with Gasteiger partial charge in [0.1, 0.15) is 6.10 Å². The van der Waals surface area contributed by atoms with E-state index in [1.165, 1.54) is 12.1 Å². The van der Waals surface area contributed by atoms with Gasteiger partial charge < -0.3 is 9.47 Å². The summed E-state index contributed by atoms with van der Waals surface area (Å²) in [7, 11) is -3.48. The van der Waals surface area contributed by atoms with Gasteiger partial charge in [0.05, 0.1) is 15.5 Å². The van der Waals surface area contributed by atoms with E-state index in [0.717, 1.165) is 12.3 Å². The van der Waals surface area contributed by atoms with Crippen molar-refractivity contribution >= 4 is 33.4 Å². The average Bonchev–Trinajstić information content (AvgIpc) is 2.66. The molecule has 0 amide bonds. The molecule has 0 radical (unpaired) electrons. The van der Waals surface area contributed by atoms with Crippen LogP contribution in [0.4, 0.5) is 0 Å². The first-order valence-electron chi connectivity index (χ1n) is 6.09. The van der Waals surface area contributed by atoms with Gasteiger partial charge in [-0.25, -0.2) is 18.0 Å². The molecule has 1 fully saturated rings. The number of halogens is 1. The van der Waals surface area contributed by atoms with Crippen LogP contribution in [0, 0.1) is 0 Å². The highest BCUT2D eigenvalue weighted by molar-refractivity contribution is 7.90. The molecule has 1 heterocycles. The van der Waals surface area contributed by atoms with Gasteiger partial charge in [-0.15, -0.1) is 0 Å². The molecular weight excluding hydrogens is 320 g/mol. The highest BCUT2D eigenvalue weighted by Gasteiger charge is 2.35. The zero-order valence-corrected chi connectivity index (χ0v) is 12.9. The van der Waals surface area contributed by atoms with Crippen molar-refractivity contribution in [2.45, 2.75) is 30.4 Å². The summed E-state index contributed by atoms with van der Waals surface area (Å²) in [6.45, 7) is 1.68. The van der Waals surface area contributed by atoms with Gasteiger partial charge in [-0.05, 0) is 25.1 Å². The van der Waals surface area contributed by atoms with E-state index in [-0.39, 0.29) is 28.0 Å². The SMILES string of the molecule is C[C@@H]1C[C@@H](OC(=O)c2cc(S(C)(=O)=O)ccc2Cl)C(=O)O1. The van der Waals surface area contributed by atoms with Gasteiger partial charge in [-0.3, -0.25) is 0 Å². The summed E-state index contributed by atoms with van der Waals surface area (Å²) in [4.78, 5) is 23.4. The van der Waals surface area contributed by atoms with E-state index in [1.807, 2.05) is 0 Å². The third kappa shape index (κ3) is 3.54. The molecule has 0 unspecified atom stereocenters. The number of carbonyl (C=O) groups excluding carboxylic acids is 2. The zero-order valence-electron chi connectivity index (χ0n) is 11.3. The van der Waals surface area contributed by atoms with E-state index in [0.29, 0.717) is 0 Å². The second-order valence-electron chi connectivity index (χ2n) is 4.79. The number of hydrogen-bond donors (Lipinski definition) is 0. The molecule has 8 heteroatoms. The van der Waals surface area contributed by atoms with Crippen molar-refractivity contribution < 1.29 is 27.5 Å². The fourth-order valence-electron chi connectivity index (χ4n) is 1.90. The fraction of sp³-hybridized carbons (Fsp3) is 0.385. The molecule has 1 saturated heterocycles. The highest BCUT2D eigenvalue weighted by atomic mass is 35.5. The lowest BCUT2D eigenvalue weighted by molar-refractivity contribution is -0.147. The van der Waals surface area contributed by atoms with E-state index in [4.69, 9.17) is 21.1 Å². The van der Waals surface area contributed by atoms with E-state index in [1.54, 1.807) is 6.92 Å². The van der Waals surface area contributed by atoms with Gasteiger partial charge in [-0.1, -0.05) is 11.6 Å². The number of benzene rings is 1. The maximum absolute atomic E-state index is 12.0. The second kappa shape index (κ2) is 5.65. The third-order valence-electron chi connectivity index (χ3n) is 2.96. The minimum atomic E-state index is -3.48. The summed E-state index contributed by atoms with van der Waals surface area (Å²) < 4.78 is 32.9. The van der Waals surface area contributed by atoms with E-state index in [9.17, 15) is 18.0 Å². The lowest BCUT2D eigenvalue weighted by atomic mass is 10.2. The molecule has 0 N–H and O–H groups in total. The summed E-state index contributed by atoms with van der Waals surface area (Å²) in [6, 6.07) is 3.72. The first-order chi connectivity index (χ1) is 9.68. The van der Waals surface area contributed by atoms with Crippen LogP contribution < -0.4 is 0 Å². The van der Waals surface area contributed by atoms with Crippen LogP contribution in [0.1, 0.15) is 23.7 Å². The number of ether oxygens (including phenoxy) is 2. The number of carbonyl (C=O) groups is 2. The Labute approximate surface area is 126 Å². The van der Waals surface area contributed by atoms with Gasteiger partial charge in [0.2, 0.25) is 6.10 Å². The second-order valence-corrected chi connectivity index (χ2v) is 7.21. The molecule has 1 aromatic carbocycles. The molecule has 1 aromatic rings. The number of cyclic esters (lactones) is 1. The number of rotatable bonds is 3. The van der Waals surface area contributed by atoms with Crippen LogP contribution >= 0.6 is 11.6 Å². The number of esters is 2. The smallest absolute Gasteiger partial charge is 0.347 e. The molecule has 0 spiro atoms. The summed E-state index contributed by atoms with van der Waals surface area (Å²) in [5, 5.41) is 0.0480. The van der Waals surface area contributed by atoms with E-state index < -0.39 is 27.9 Å². The Morgan fingerprint density at radius 2 is 2.10 bits per heavy atom. The van der Waals surface area contributed by atoms with Gasteiger partial charge in [0.15, 0.2) is 9.84 Å². The normalized spacial score (nSPS) is 22.0. The topological polar surface area (TPSA) is 86.7 Å². The quantitative estimate of drug-likeness (QED) is 0.781. The zero-order chi connectivity index (χ0) is 15.8. The van der Waals surface area contributed by atoms with Gasteiger partial charge >= 0.3 is 11.9 Å². The number of hydrogen-bond acceptors (Lipinski definition) is 6. The van der Waals surface area contributed by atoms with E-state index >= 15 is 0 Å². The van der Waals surface area contributed by atoms with Gasteiger partial charge in [0, 0.05) is 12.7 Å². The van der Waals surface area contributed by atoms with Crippen molar-refractivity contribution in [3.63, 3.8) is 0 Å². The van der Waals surface area contributed by atoms with Crippen LogP contribution in [0.5, 0.6) is 0 Å². The summed E-state index contributed by atoms with van der Waals surface area (Å²) >= 11 is 5.88. The third-order valence-corrected chi connectivity index (χ3v) is 4.40. The molecule has 0 aliphatic carbocycles. The summed E-state index contributed by atoms with van der Waals surface area (Å²) in [5.41, 5.74) is -0.105. The largest absolute Gasteiger partial charge is 0.460 e. The Balaban J connectivity index is 2.25. The maximum atomic E-state index is 12.0. The lowest BCUT2D eigenvalue weighted by Crippen LogP contribution is -2.23. The van der Waals surface area contributed by atoms with Crippen LogP contribution in [0.25, 0.3) is 0 Å². The molecule has 0 aromatic heterocycles. The molecule has 0 bridgehead atoms. The average molecular weight is 333 g/mol. The minimum Gasteiger partial charge on any atom is -0.460 e. The van der Waals surface area contributed by atoms with Crippen molar-refractivity contribution in [2.24, 2.45) is 0 Å². The molecule has 2 rings (SSSR count). The molecular formula is C13H13ClO6S. The first kappa shape index (κ1) is 15.8. The minimum absolute atomic E-state index is 0.0480. The van der Waals surface area contributed by atoms with Crippen LogP contribution in [-0.4, -0.2) is 38.8 Å². The summed E-state index contributed by atoms with van der Waals surface area (Å²) in [5.74, 6) is -1.48. The molecule has 1 aliphatic heterocycles. The Morgan fingerprint density at radius 3 is 2.62 bits per heavy atom. The predicted molar refractivity (Wildman–Crippen MR) is 73.9 cm³/mol. The molecule has 0 saturated carbocycles. The van der Waals surface area contributed by atoms with Crippen molar-refractivity contribution in [3.05, 3.63) is 28.8 Å². The van der Waals surface area contributed by atoms with Crippen LogP contribution in [0.2, 0.25) is 5.02 Å². The van der Waals surface area contributed by atoms with E-state index in [2.05, 4.69) is 0 Å². The lowest BCUT2D eigenvalue weighted by Gasteiger charge is -2.10.